The smallest absolute Gasteiger partial charge is 0.232 e. The van der Waals surface area contributed by atoms with E-state index in [2.05, 4.69) is 6.92 Å². The number of likely N-dealkylation sites (tertiary alicyclic amines) is 1. The Balaban J connectivity index is 1.57. The second-order valence-electron chi connectivity index (χ2n) is 6.03. The van der Waals surface area contributed by atoms with Crippen molar-refractivity contribution in [3.8, 4) is 11.5 Å². The Morgan fingerprint density at radius 3 is 2.91 bits per heavy atom. The van der Waals surface area contributed by atoms with Crippen LogP contribution in [0.2, 0.25) is 0 Å². The summed E-state index contributed by atoms with van der Waals surface area (Å²) in [6, 6.07) is 5.93. The Kier molecular flexibility index (Phi) is 5.13. The fourth-order valence-electron chi connectivity index (χ4n) is 2.89. The van der Waals surface area contributed by atoms with Crippen molar-refractivity contribution in [3.63, 3.8) is 0 Å². The van der Waals surface area contributed by atoms with Gasteiger partial charge in [0, 0.05) is 24.4 Å². The number of carbonyl (C=O) groups excluding carboxylic acids is 1. The molecule has 4 nitrogen and oxygen atoms in total. The topological polar surface area (TPSA) is 38.8 Å². The normalized spacial score (nSPS) is 21.3. The van der Waals surface area contributed by atoms with E-state index in [4.69, 9.17) is 9.47 Å². The number of fused-ring (bicyclic) bond motifs is 1. The third-order valence-electron chi connectivity index (χ3n) is 4.09. The van der Waals surface area contributed by atoms with Crippen LogP contribution in [0.15, 0.2) is 23.1 Å². The number of amides is 1. The first-order valence-corrected chi connectivity index (χ1v) is 9.01. The summed E-state index contributed by atoms with van der Waals surface area (Å²) < 4.78 is 11.3. The summed E-state index contributed by atoms with van der Waals surface area (Å²) >= 11 is 1.58. The lowest BCUT2D eigenvalue weighted by Crippen LogP contribution is -2.40. The predicted molar refractivity (Wildman–Crippen MR) is 87.8 cm³/mol. The van der Waals surface area contributed by atoms with Crippen LogP contribution < -0.4 is 9.47 Å². The van der Waals surface area contributed by atoms with Gasteiger partial charge < -0.3 is 14.4 Å². The first kappa shape index (κ1) is 15.5. The van der Waals surface area contributed by atoms with Crippen molar-refractivity contribution in [2.24, 2.45) is 5.92 Å². The average molecular weight is 321 g/mol. The van der Waals surface area contributed by atoms with Crippen LogP contribution in [0.5, 0.6) is 11.5 Å². The number of benzene rings is 1. The van der Waals surface area contributed by atoms with Crippen LogP contribution in [-0.4, -0.2) is 42.9 Å². The van der Waals surface area contributed by atoms with Gasteiger partial charge in [-0.05, 0) is 37.0 Å². The number of piperidine rings is 1. The summed E-state index contributed by atoms with van der Waals surface area (Å²) in [6.07, 6.45) is 3.27. The average Bonchev–Trinajstić information content (AvgIpc) is 2.77. The molecule has 1 aromatic carbocycles. The number of rotatable bonds is 3. The van der Waals surface area contributed by atoms with Gasteiger partial charge in [-0.1, -0.05) is 6.92 Å². The van der Waals surface area contributed by atoms with Gasteiger partial charge in [-0.2, -0.15) is 0 Å². The maximum atomic E-state index is 12.3. The van der Waals surface area contributed by atoms with Crippen LogP contribution in [0, 0.1) is 5.92 Å². The van der Waals surface area contributed by atoms with Gasteiger partial charge in [-0.15, -0.1) is 11.8 Å². The van der Waals surface area contributed by atoms with Crippen molar-refractivity contribution >= 4 is 17.7 Å². The van der Waals surface area contributed by atoms with Crippen molar-refractivity contribution in [2.75, 3.05) is 32.1 Å². The number of nitrogens with zero attached hydrogens (tertiary/aromatic N) is 1. The Labute approximate surface area is 136 Å². The van der Waals surface area contributed by atoms with E-state index < -0.39 is 0 Å². The lowest BCUT2D eigenvalue weighted by Gasteiger charge is -2.30. The van der Waals surface area contributed by atoms with E-state index >= 15 is 0 Å². The Hall–Kier alpha value is -1.36. The number of thioether (sulfide) groups is 1. The molecule has 1 atom stereocenters. The lowest BCUT2D eigenvalue weighted by molar-refractivity contribution is -0.130. The molecule has 0 aromatic heterocycles. The fraction of sp³-hybridized carbons (Fsp3) is 0.588. The Morgan fingerprint density at radius 2 is 2.09 bits per heavy atom. The molecule has 0 aliphatic carbocycles. The molecule has 22 heavy (non-hydrogen) atoms. The number of carbonyl (C=O) groups is 1. The van der Waals surface area contributed by atoms with Crippen molar-refractivity contribution in [2.45, 2.75) is 31.1 Å². The van der Waals surface area contributed by atoms with Gasteiger partial charge in [0.1, 0.15) is 0 Å². The molecule has 0 bridgehead atoms. The quantitative estimate of drug-likeness (QED) is 0.802. The molecule has 1 saturated heterocycles. The largest absolute Gasteiger partial charge is 0.490 e. The molecule has 2 aliphatic heterocycles. The number of hydrogen-bond acceptors (Lipinski definition) is 4. The first-order valence-electron chi connectivity index (χ1n) is 8.02. The van der Waals surface area contributed by atoms with Crippen LogP contribution in [-0.2, 0) is 4.79 Å². The Bertz CT molecular complexity index is 535. The highest BCUT2D eigenvalue weighted by Gasteiger charge is 2.21. The van der Waals surface area contributed by atoms with Crippen molar-refractivity contribution in [3.05, 3.63) is 18.2 Å². The predicted octanol–water partition coefficient (Wildman–Crippen LogP) is 3.20. The number of hydrogen-bond donors (Lipinski definition) is 0. The van der Waals surface area contributed by atoms with Crippen molar-refractivity contribution in [1.82, 2.24) is 4.90 Å². The second kappa shape index (κ2) is 7.27. The van der Waals surface area contributed by atoms with Crippen molar-refractivity contribution < 1.29 is 14.3 Å². The molecule has 0 saturated carbocycles. The van der Waals surface area contributed by atoms with Crippen LogP contribution in [0.1, 0.15) is 26.2 Å². The summed E-state index contributed by atoms with van der Waals surface area (Å²) in [5.41, 5.74) is 0. The SMILES string of the molecule is CC1CCCN(C(=O)CSc2ccc3c(c2)OCCCO3)C1. The highest BCUT2D eigenvalue weighted by molar-refractivity contribution is 8.00. The summed E-state index contributed by atoms with van der Waals surface area (Å²) in [7, 11) is 0. The van der Waals surface area contributed by atoms with E-state index in [1.54, 1.807) is 11.8 Å². The van der Waals surface area contributed by atoms with Gasteiger partial charge in [-0.25, -0.2) is 0 Å². The van der Waals surface area contributed by atoms with Gasteiger partial charge in [0.15, 0.2) is 11.5 Å². The third-order valence-corrected chi connectivity index (χ3v) is 5.07. The van der Waals surface area contributed by atoms with Crippen LogP contribution in [0.25, 0.3) is 0 Å². The fourth-order valence-corrected chi connectivity index (χ4v) is 3.71. The highest BCUT2D eigenvalue weighted by Crippen LogP contribution is 2.34. The minimum absolute atomic E-state index is 0.240. The lowest BCUT2D eigenvalue weighted by atomic mass is 10.0. The van der Waals surface area contributed by atoms with Gasteiger partial charge in [0.05, 0.1) is 19.0 Å². The van der Waals surface area contributed by atoms with Crippen LogP contribution in [0.3, 0.4) is 0 Å². The van der Waals surface area contributed by atoms with E-state index in [9.17, 15) is 4.79 Å². The van der Waals surface area contributed by atoms with E-state index in [0.717, 1.165) is 42.3 Å². The molecule has 2 heterocycles. The molecule has 0 spiro atoms. The van der Waals surface area contributed by atoms with E-state index in [1.807, 2.05) is 23.1 Å². The summed E-state index contributed by atoms with van der Waals surface area (Å²) in [5.74, 6) is 2.95. The van der Waals surface area contributed by atoms with Crippen molar-refractivity contribution in [1.29, 1.82) is 0 Å². The van der Waals surface area contributed by atoms with Gasteiger partial charge in [0.2, 0.25) is 5.91 Å². The molecular formula is C17H23NO3S. The maximum absolute atomic E-state index is 12.3. The van der Waals surface area contributed by atoms with Gasteiger partial charge in [-0.3, -0.25) is 4.79 Å². The van der Waals surface area contributed by atoms with Gasteiger partial charge >= 0.3 is 0 Å². The maximum Gasteiger partial charge on any atom is 0.232 e. The molecule has 0 radical (unpaired) electrons. The second-order valence-corrected chi connectivity index (χ2v) is 7.08. The zero-order chi connectivity index (χ0) is 15.4. The number of ether oxygens (including phenoxy) is 2. The molecule has 5 heteroatoms. The monoisotopic (exact) mass is 321 g/mol. The summed E-state index contributed by atoms with van der Waals surface area (Å²) in [6.45, 7) is 5.42. The molecular weight excluding hydrogens is 298 g/mol. The minimum Gasteiger partial charge on any atom is -0.490 e. The summed E-state index contributed by atoms with van der Waals surface area (Å²) in [4.78, 5) is 15.4. The standard InChI is InChI=1S/C17H23NO3S/c1-13-4-2-7-18(11-13)17(19)12-22-14-5-6-15-16(10-14)21-9-3-8-20-15/h5-6,10,13H,2-4,7-9,11-12H2,1H3. The third kappa shape index (κ3) is 3.88. The molecule has 120 valence electrons. The highest BCUT2D eigenvalue weighted by atomic mass is 32.2. The van der Waals surface area contributed by atoms with E-state index in [1.165, 1.54) is 6.42 Å². The molecule has 1 aromatic rings. The van der Waals surface area contributed by atoms with E-state index in [-0.39, 0.29) is 5.91 Å². The molecule has 1 amide bonds. The van der Waals surface area contributed by atoms with E-state index in [0.29, 0.717) is 24.9 Å². The van der Waals surface area contributed by atoms with Crippen LogP contribution in [0.4, 0.5) is 0 Å². The summed E-state index contributed by atoms with van der Waals surface area (Å²) in [5, 5.41) is 0. The molecule has 2 aliphatic rings. The van der Waals surface area contributed by atoms with Crippen LogP contribution >= 0.6 is 11.8 Å². The van der Waals surface area contributed by atoms with Gasteiger partial charge in [0.25, 0.3) is 0 Å². The molecule has 0 N–H and O–H groups in total. The molecule has 1 unspecified atom stereocenters. The molecule has 3 rings (SSSR count). The Morgan fingerprint density at radius 1 is 1.27 bits per heavy atom. The first-order chi connectivity index (χ1) is 10.7. The minimum atomic E-state index is 0.240. The molecule has 1 fully saturated rings. The zero-order valence-corrected chi connectivity index (χ0v) is 13.9. The zero-order valence-electron chi connectivity index (χ0n) is 13.0.